The number of nitrogens with one attached hydrogen (secondary N) is 1. The molecule has 1 fully saturated rings. The molecule has 130 valence electrons. The van der Waals surface area contributed by atoms with Crippen LogP contribution in [-0.2, 0) is 14.8 Å². The van der Waals surface area contributed by atoms with Crippen LogP contribution in [0.1, 0.15) is 11.6 Å². The lowest BCUT2D eigenvalue weighted by atomic mass is 10.0. The van der Waals surface area contributed by atoms with Crippen molar-refractivity contribution >= 4 is 10.0 Å². The van der Waals surface area contributed by atoms with Gasteiger partial charge in [0.2, 0.25) is 10.0 Å². The molecule has 1 aliphatic heterocycles. The van der Waals surface area contributed by atoms with Gasteiger partial charge in [0, 0.05) is 26.1 Å². The van der Waals surface area contributed by atoms with Crippen LogP contribution in [-0.4, -0.2) is 61.5 Å². The molecule has 10 heteroatoms. The third-order valence-corrected chi connectivity index (χ3v) is 5.94. The van der Waals surface area contributed by atoms with Gasteiger partial charge in [0.05, 0.1) is 30.0 Å². The first-order chi connectivity index (χ1) is 11.5. The second-order valence-corrected chi connectivity index (χ2v) is 7.33. The maximum Gasteiger partial charge on any atom is 0.243 e. The van der Waals surface area contributed by atoms with Gasteiger partial charge in [0.25, 0.3) is 0 Å². The van der Waals surface area contributed by atoms with E-state index >= 15 is 0 Å². The Labute approximate surface area is 138 Å². The monoisotopic (exact) mass is 356 g/mol. The van der Waals surface area contributed by atoms with E-state index in [1.807, 2.05) is 0 Å². The number of aromatic amines is 1. The quantitative estimate of drug-likeness (QED) is 0.849. The summed E-state index contributed by atoms with van der Waals surface area (Å²) < 4.78 is 50.9. The Kier molecular flexibility index (Phi) is 4.52. The molecule has 2 heterocycles. The van der Waals surface area contributed by atoms with Crippen molar-refractivity contribution in [3.8, 4) is 5.75 Å². The summed E-state index contributed by atoms with van der Waals surface area (Å²) in [5, 5.41) is 10.3. The smallest absolute Gasteiger partial charge is 0.243 e. The van der Waals surface area contributed by atoms with Crippen molar-refractivity contribution in [2.75, 3.05) is 27.3 Å². The van der Waals surface area contributed by atoms with E-state index in [0.717, 1.165) is 6.07 Å². The Morgan fingerprint density at radius 2 is 2.12 bits per heavy atom. The van der Waals surface area contributed by atoms with Crippen molar-refractivity contribution in [3.63, 3.8) is 0 Å². The van der Waals surface area contributed by atoms with Gasteiger partial charge in [-0.2, -0.15) is 19.7 Å². The Bertz CT molecular complexity index is 812. The minimum absolute atomic E-state index is 0.00869. The average molecular weight is 356 g/mol. The van der Waals surface area contributed by atoms with Gasteiger partial charge in [-0.05, 0) is 18.2 Å². The summed E-state index contributed by atoms with van der Waals surface area (Å²) in [5.74, 6) is -0.980. The van der Waals surface area contributed by atoms with Crippen molar-refractivity contribution < 1.29 is 22.3 Å². The minimum atomic E-state index is -3.85. The minimum Gasteiger partial charge on any atom is -0.494 e. The number of rotatable bonds is 5. The summed E-state index contributed by atoms with van der Waals surface area (Å²) in [5.41, 5.74) is 0.625. The van der Waals surface area contributed by atoms with Gasteiger partial charge < -0.3 is 9.47 Å². The molecule has 1 N–H and O–H groups in total. The van der Waals surface area contributed by atoms with Crippen LogP contribution >= 0.6 is 0 Å². The van der Waals surface area contributed by atoms with E-state index < -0.39 is 15.8 Å². The van der Waals surface area contributed by atoms with Crippen LogP contribution in [0.15, 0.2) is 29.3 Å². The first-order valence-corrected chi connectivity index (χ1v) is 8.63. The summed E-state index contributed by atoms with van der Waals surface area (Å²) in [4.78, 5) is -0.128. The van der Waals surface area contributed by atoms with E-state index in [0.29, 0.717) is 5.69 Å². The molecule has 0 radical (unpaired) electrons. The van der Waals surface area contributed by atoms with Crippen molar-refractivity contribution in [1.29, 1.82) is 0 Å². The van der Waals surface area contributed by atoms with Crippen LogP contribution in [0.5, 0.6) is 5.75 Å². The van der Waals surface area contributed by atoms with Gasteiger partial charge in [-0.25, -0.2) is 12.8 Å². The highest BCUT2D eigenvalue weighted by Crippen LogP contribution is 2.32. The molecule has 1 aromatic carbocycles. The van der Waals surface area contributed by atoms with E-state index in [-0.39, 0.29) is 35.8 Å². The first-order valence-electron chi connectivity index (χ1n) is 7.19. The van der Waals surface area contributed by atoms with E-state index in [1.165, 1.54) is 30.7 Å². The van der Waals surface area contributed by atoms with E-state index in [2.05, 4.69) is 15.4 Å². The molecular formula is C14H17FN4O4S. The molecule has 24 heavy (non-hydrogen) atoms. The largest absolute Gasteiger partial charge is 0.494 e. The summed E-state index contributed by atoms with van der Waals surface area (Å²) in [7, 11) is -1.02. The summed E-state index contributed by atoms with van der Waals surface area (Å²) in [6.07, 6.45) is 1.19. The number of nitrogens with zero attached hydrogens (tertiary/aromatic N) is 3. The van der Waals surface area contributed by atoms with Gasteiger partial charge in [0.1, 0.15) is 0 Å². The van der Waals surface area contributed by atoms with Crippen molar-refractivity contribution in [3.05, 3.63) is 35.9 Å². The predicted octanol–water partition coefficient (Wildman–Crippen LogP) is 0.755. The molecule has 0 saturated carbocycles. The number of hydrogen-bond donors (Lipinski definition) is 1. The zero-order valence-electron chi connectivity index (χ0n) is 13.1. The Morgan fingerprint density at radius 3 is 2.71 bits per heavy atom. The maximum absolute atomic E-state index is 13.9. The lowest BCUT2D eigenvalue weighted by Gasteiger charge is -2.16. The number of ether oxygens (including phenoxy) is 2. The van der Waals surface area contributed by atoms with Gasteiger partial charge in [-0.15, -0.1) is 0 Å². The first kappa shape index (κ1) is 16.8. The van der Waals surface area contributed by atoms with E-state index in [9.17, 15) is 12.8 Å². The molecule has 3 rings (SSSR count). The summed E-state index contributed by atoms with van der Waals surface area (Å²) >= 11 is 0. The topological polar surface area (TPSA) is 97.4 Å². The molecule has 0 bridgehead atoms. The van der Waals surface area contributed by atoms with E-state index in [1.54, 1.807) is 6.20 Å². The molecular weight excluding hydrogens is 339 g/mol. The summed E-state index contributed by atoms with van der Waals surface area (Å²) in [6, 6.07) is 3.57. The lowest BCUT2D eigenvalue weighted by molar-refractivity contribution is 0.101. The highest BCUT2D eigenvalue weighted by atomic mass is 32.2. The van der Waals surface area contributed by atoms with Gasteiger partial charge in [-0.1, -0.05) is 0 Å². The summed E-state index contributed by atoms with van der Waals surface area (Å²) in [6.45, 7) is 0.338. The number of benzene rings is 1. The Hall–Kier alpha value is -2.04. The fourth-order valence-electron chi connectivity index (χ4n) is 2.80. The molecule has 1 aliphatic rings. The number of H-pyrrole nitrogens is 1. The zero-order chi connectivity index (χ0) is 17.3. The molecule has 1 aromatic heterocycles. The van der Waals surface area contributed by atoms with Crippen molar-refractivity contribution in [1.82, 2.24) is 19.7 Å². The third-order valence-electron chi connectivity index (χ3n) is 4.11. The van der Waals surface area contributed by atoms with Gasteiger partial charge in [-0.3, -0.25) is 0 Å². The molecule has 2 atom stereocenters. The fraction of sp³-hybridized carbons (Fsp3) is 0.429. The highest BCUT2D eigenvalue weighted by molar-refractivity contribution is 7.89. The van der Waals surface area contributed by atoms with E-state index in [4.69, 9.17) is 9.47 Å². The second-order valence-electron chi connectivity index (χ2n) is 5.39. The zero-order valence-corrected chi connectivity index (χ0v) is 14.0. The van der Waals surface area contributed by atoms with Crippen LogP contribution in [0.2, 0.25) is 0 Å². The number of methoxy groups -OCH3 is 2. The van der Waals surface area contributed by atoms with Crippen molar-refractivity contribution in [2.45, 2.75) is 16.9 Å². The Morgan fingerprint density at radius 1 is 1.33 bits per heavy atom. The lowest BCUT2D eigenvalue weighted by Crippen LogP contribution is -2.30. The molecule has 8 nitrogen and oxygen atoms in total. The van der Waals surface area contributed by atoms with Gasteiger partial charge >= 0.3 is 0 Å². The molecule has 2 aromatic rings. The number of halogens is 1. The van der Waals surface area contributed by atoms with Crippen LogP contribution in [0.4, 0.5) is 4.39 Å². The normalized spacial score (nSPS) is 22.0. The molecule has 0 amide bonds. The molecule has 0 aliphatic carbocycles. The van der Waals surface area contributed by atoms with Crippen LogP contribution in [0.3, 0.4) is 0 Å². The fourth-order valence-corrected chi connectivity index (χ4v) is 4.29. The van der Waals surface area contributed by atoms with Crippen LogP contribution < -0.4 is 4.74 Å². The predicted molar refractivity (Wildman–Crippen MR) is 81.6 cm³/mol. The number of aromatic nitrogens is 3. The van der Waals surface area contributed by atoms with Crippen LogP contribution in [0.25, 0.3) is 0 Å². The maximum atomic E-state index is 13.9. The highest BCUT2D eigenvalue weighted by Gasteiger charge is 2.41. The standard InChI is InChI=1S/C14H17FN4O4S/c1-22-13-4-3-9(5-11(13)15)24(20,21)19-7-10(14(8-19)23-2)12-6-16-18-17-12/h3-6,10,14H,7-8H2,1-2H3,(H,16,17,18)/t10-,14+/m0/s1. The number of sulfonamides is 1. The van der Waals surface area contributed by atoms with Crippen LogP contribution in [0, 0.1) is 5.82 Å². The third kappa shape index (κ3) is 2.87. The second kappa shape index (κ2) is 6.46. The molecule has 0 spiro atoms. The molecule has 0 unspecified atom stereocenters. The van der Waals surface area contributed by atoms with Gasteiger partial charge in [0.15, 0.2) is 11.6 Å². The number of hydrogen-bond acceptors (Lipinski definition) is 6. The average Bonchev–Trinajstić information content (AvgIpc) is 3.23. The molecule has 1 saturated heterocycles. The Balaban J connectivity index is 1.89. The SMILES string of the molecule is COc1ccc(S(=O)(=O)N2C[C@@H](OC)[C@H](c3cn[nH]n3)C2)cc1F. The van der Waals surface area contributed by atoms with Crippen molar-refractivity contribution in [2.24, 2.45) is 0 Å².